The van der Waals surface area contributed by atoms with Crippen LogP contribution < -0.4 is 0 Å². The van der Waals surface area contributed by atoms with E-state index in [9.17, 15) is 0 Å². The van der Waals surface area contributed by atoms with Crippen LogP contribution in [0.25, 0.3) is 10.8 Å². The Bertz CT molecular complexity index is 503. The van der Waals surface area contributed by atoms with E-state index in [0.717, 1.165) is 16.5 Å². The molecule has 1 aromatic carbocycles. The highest BCUT2D eigenvalue weighted by atomic mass is 35.5. The summed E-state index contributed by atoms with van der Waals surface area (Å²) in [5, 5.41) is 2.82. The highest BCUT2D eigenvalue weighted by Gasteiger charge is 2.05. The topological polar surface area (TPSA) is 12.9 Å². The van der Waals surface area contributed by atoms with Crippen molar-refractivity contribution in [1.29, 1.82) is 0 Å². The fraction of sp³-hybridized carbons (Fsp3) is 0.308. The van der Waals surface area contributed by atoms with Crippen molar-refractivity contribution in [3.63, 3.8) is 0 Å². The maximum Gasteiger partial charge on any atom is 0.137 e. The summed E-state index contributed by atoms with van der Waals surface area (Å²) in [6.07, 6.45) is 0. The Labute approximate surface area is 95.1 Å². The van der Waals surface area contributed by atoms with Crippen LogP contribution in [0.4, 0.5) is 0 Å². The van der Waals surface area contributed by atoms with Gasteiger partial charge < -0.3 is 0 Å². The number of aromatic nitrogens is 1. The number of hydrogen-bond donors (Lipinski definition) is 0. The van der Waals surface area contributed by atoms with Crippen LogP contribution in [0.2, 0.25) is 5.15 Å². The van der Waals surface area contributed by atoms with Crippen molar-refractivity contribution < 1.29 is 0 Å². The molecule has 0 fully saturated rings. The SMILES string of the molecule is Cc1cc2ccc(C(C)C)cc2c(Cl)n1. The van der Waals surface area contributed by atoms with Crippen molar-refractivity contribution >= 4 is 22.4 Å². The maximum atomic E-state index is 6.13. The summed E-state index contributed by atoms with van der Waals surface area (Å²) < 4.78 is 0. The summed E-state index contributed by atoms with van der Waals surface area (Å²) in [7, 11) is 0. The lowest BCUT2D eigenvalue weighted by Crippen LogP contribution is -1.89. The van der Waals surface area contributed by atoms with Gasteiger partial charge in [0.05, 0.1) is 0 Å². The summed E-state index contributed by atoms with van der Waals surface area (Å²) in [5.41, 5.74) is 2.26. The fourth-order valence-electron chi connectivity index (χ4n) is 1.71. The minimum absolute atomic E-state index is 0.520. The molecule has 0 amide bonds. The molecule has 0 aliphatic carbocycles. The third-order valence-corrected chi connectivity index (χ3v) is 2.89. The molecule has 0 aliphatic rings. The molecule has 0 atom stereocenters. The first-order valence-electron chi connectivity index (χ1n) is 5.14. The van der Waals surface area contributed by atoms with Gasteiger partial charge in [-0.25, -0.2) is 4.98 Å². The number of halogens is 1. The number of nitrogens with zero attached hydrogens (tertiary/aromatic N) is 1. The molecular weight excluding hydrogens is 206 g/mol. The molecule has 15 heavy (non-hydrogen) atoms. The van der Waals surface area contributed by atoms with Crippen molar-refractivity contribution in [2.75, 3.05) is 0 Å². The molecular formula is C13H14ClN. The van der Waals surface area contributed by atoms with E-state index >= 15 is 0 Å². The molecule has 1 heterocycles. The van der Waals surface area contributed by atoms with Crippen molar-refractivity contribution in [3.05, 3.63) is 40.7 Å². The first-order chi connectivity index (χ1) is 7.08. The molecule has 0 N–H and O–H groups in total. The van der Waals surface area contributed by atoms with Gasteiger partial charge in [0.25, 0.3) is 0 Å². The number of aryl methyl sites for hydroxylation is 1. The molecule has 1 aromatic heterocycles. The molecule has 0 radical (unpaired) electrons. The second-order valence-corrected chi connectivity index (χ2v) is 4.55. The zero-order valence-corrected chi connectivity index (χ0v) is 9.97. The summed E-state index contributed by atoms with van der Waals surface area (Å²) in [6, 6.07) is 8.47. The van der Waals surface area contributed by atoms with Crippen LogP contribution >= 0.6 is 11.6 Å². The van der Waals surface area contributed by atoms with Crippen molar-refractivity contribution in [3.8, 4) is 0 Å². The highest BCUT2D eigenvalue weighted by molar-refractivity contribution is 6.34. The highest BCUT2D eigenvalue weighted by Crippen LogP contribution is 2.26. The van der Waals surface area contributed by atoms with Crippen molar-refractivity contribution in [2.45, 2.75) is 26.7 Å². The molecule has 0 bridgehead atoms. The Balaban J connectivity index is 2.71. The first-order valence-corrected chi connectivity index (χ1v) is 5.52. The molecule has 0 unspecified atom stereocenters. The monoisotopic (exact) mass is 219 g/mol. The van der Waals surface area contributed by atoms with E-state index in [2.05, 4.69) is 43.1 Å². The van der Waals surface area contributed by atoms with Gasteiger partial charge in [-0.3, -0.25) is 0 Å². The molecule has 2 aromatic rings. The largest absolute Gasteiger partial charge is 0.241 e. The standard InChI is InChI=1S/C13H14ClN/c1-8(2)10-4-5-11-6-9(3)15-13(14)12(11)7-10/h4-8H,1-3H3. The van der Waals surface area contributed by atoms with Crippen LogP contribution in [0.1, 0.15) is 31.0 Å². The van der Waals surface area contributed by atoms with Gasteiger partial charge in [-0.15, -0.1) is 0 Å². The Morgan fingerprint density at radius 1 is 1.20 bits per heavy atom. The van der Waals surface area contributed by atoms with E-state index < -0.39 is 0 Å². The van der Waals surface area contributed by atoms with Gasteiger partial charge in [-0.2, -0.15) is 0 Å². The van der Waals surface area contributed by atoms with E-state index in [1.54, 1.807) is 0 Å². The number of benzene rings is 1. The first kappa shape index (κ1) is 10.4. The fourth-order valence-corrected chi connectivity index (χ4v) is 2.01. The Kier molecular flexibility index (Phi) is 2.66. The Hall–Kier alpha value is -1.08. The molecule has 2 rings (SSSR count). The second kappa shape index (κ2) is 3.82. The third kappa shape index (κ3) is 1.98. The normalized spacial score (nSPS) is 11.3. The number of fused-ring (bicyclic) bond motifs is 1. The predicted molar refractivity (Wildman–Crippen MR) is 65.6 cm³/mol. The lowest BCUT2D eigenvalue weighted by molar-refractivity contribution is 0.868. The molecule has 2 heteroatoms. The summed E-state index contributed by atoms with van der Waals surface area (Å²) in [6.45, 7) is 6.31. The van der Waals surface area contributed by atoms with E-state index in [1.807, 2.05) is 6.92 Å². The Morgan fingerprint density at radius 3 is 2.60 bits per heavy atom. The van der Waals surface area contributed by atoms with Gasteiger partial charge in [0.1, 0.15) is 5.15 Å². The van der Waals surface area contributed by atoms with Gasteiger partial charge in [-0.05, 0) is 35.9 Å². The van der Waals surface area contributed by atoms with Crippen LogP contribution in [0, 0.1) is 6.92 Å². The smallest absolute Gasteiger partial charge is 0.137 e. The quantitative estimate of drug-likeness (QED) is 0.651. The van der Waals surface area contributed by atoms with Gasteiger partial charge in [0.15, 0.2) is 0 Å². The minimum Gasteiger partial charge on any atom is -0.241 e. The van der Waals surface area contributed by atoms with E-state index in [0.29, 0.717) is 11.1 Å². The molecule has 0 spiro atoms. The lowest BCUT2D eigenvalue weighted by atomic mass is 10.00. The van der Waals surface area contributed by atoms with Gasteiger partial charge in [-0.1, -0.05) is 37.6 Å². The zero-order chi connectivity index (χ0) is 11.0. The molecule has 1 nitrogen and oxygen atoms in total. The van der Waals surface area contributed by atoms with E-state index in [1.165, 1.54) is 5.56 Å². The number of rotatable bonds is 1. The number of hydrogen-bond acceptors (Lipinski definition) is 1. The van der Waals surface area contributed by atoms with Crippen LogP contribution in [0.5, 0.6) is 0 Å². The Morgan fingerprint density at radius 2 is 1.93 bits per heavy atom. The summed E-state index contributed by atoms with van der Waals surface area (Å²) in [5.74, 6) is 0.520. The van der Waals surface area contributed by atoms with E-state index in [-0.39, 0.29) is 0 Å². The third-order valence-electron chi connectivity index (χ3n) is 2.61. The molecule has 78 valence electrons. The predicted octanol–water partition coefficient (Wildman–Crippen LogP) is 4.32. The second-order valence-electron chi connectivity index (χ2n) is 4.19. The number of pyridine rings is 1. The van der Waals surface area contributed by atoms with Crippen molar-refractivity contribution in [1.82, 2.24) is 4.98 Å². The van der Waals surface area contributed by atoms with Crippen LogP contribution in [0.3, 0.4) is 0 Å². The van der Waals surface area contributed by atoms with Crippen LogP contribution in [-0.2, 0) is 0 Å². The van der Waals surface area contributed by atoms with Crippen LogP contribution in [-0.4, -0.2) is 4.98 Å². The van der Waals surface area contributed by atoms with Gasteiger partial charge in [0.2, 0.25) is 0 Å². The van der Waals surface area contributed by atoms with Crippen molar-refractivity contribution in [2.24, 2.45) is 0 Å². The average molecular weight is 220 g/mol. The zero-order valence-electron chi connectivity index (χ0n) is 9.21. The summed E-state index contributed by atoms with van der Waals surface area (Å²) >= 11 is 6.13. The molecule has 0 aliphatic heterocycles. The minimum atomic E-state index is 0.520. The van der Waals surface area contributed by atoms with E-state index in [4.69, 9.17) is 11.6 Å². The van der Waals surface area contributed by atoms with Gasteiger partial charge in [0, 0.05) is 11.1 Å². The van der Waals surface area contributed by atoms with Crippen LogP contribution in [0.15, 0.2) is 24.3 Å². The van der Waals surface area contributed by atoms with Gasteiger partial charge >= 0.3 is 0 Å². The maximum absolute atomic E-state index is 6.13. The molecule has 0 saturated carbocycles. The lowest BCUT2D eigenvalue weighted by Gasteiger charge is -2.08. The molecule has 0 saturated heterocycles. The summed E-state index contributed by atoms with van der Waals surface area (Å²) in [4.78, 5) is 4.27. The average Bonchev–Trinajstić information content (AvgIpc) is 2.16.